The van der Waals surface area contributed by atoms with Crippen molar-refractivity contribution in [3.63, 3.8) is 0 Å². The number of thiazole rings is 1. The number of amides is 1. The van der Waals surface area contributed by atoms with E-state index in [0.717, 1.165) is 19.3 Å². The van der Waals surface area contributed by atoms with Crippen molar-refractivity contribution in [1.29, 1.82) is 0 Å². The Morgan fingerprint density at radius 1 is 1.48 bits per heavy atom. The number of nitrogens with one attached hydrogen (secondary N) is 2. The highest BCUT2D eigenvalue weighted by Gasteiger charge is 2.29. The third-order valence-electron chi connectivity index (χ3n) is 3.51. The van der Waals surface area contributed by atoms with Crippen LogP contribution in [0.15, 0.2) is 0 Å². The Kier molecular flexibility index (Phi) is 5.77. The van der Waals surface area contributed by atoms with E-state index in [0.29, 0.717) is 23.2 Å². The molecule has 8 heteroatoms. The molecule has 0 aliphatic heterocycles. The van der Waals surface area contributed by atoms with Crippen LogP contribution in [0.1, 0.15) is 28.9 Å². The third-order valence-corrected chi connectivity index (χ3v) is 4.54. The lowest BCUT2D eigenvalue weighted by Gasteiger charge is -2.19. The minimum atomic E-state index is -0.182. The molecule has 2 rings (SSSR count). The van der Waals surface area contributed by atoms with Crippen LogP contribution in [0, 0.1) is 0 Å². The molecule has 1 heterocycles. The fraction of sp³-hybridized carbons (Fsp3) is 0.692. The fourth-order valence-corrected chi connectivity index (χ4v) is 3.25. The number of nitrogen functional groups attached to an aromatic ring is 1. The fourth-order valence-electron chi connectivity index (χ4n) is 2.44. The second-order valence-electron chi connectivity index (χ2n) is 4.94. The summed E-state index contributed by atoms with van der Waals surface area (Å²) >= 11 is 1.25. The maximum Gasteiger partial charge on any atom is 0.265 e. The Bertz CT molecular complexity index is 480. The van der Waals surface area contributed by atoms with Crippen molar-refractivity contribution < 1.29 is 14.3 Å². The predicted octanol–water partition coefficient (Wildman–Crippen LogP) is 1.08. The zero-order chi connectivity index (χ0) is 15.2. The van der Waals surface area contributed by atoms with Crippen molar-refractivity contribution in [2.75, 3.05) is 38.4 Å². The molecule has 2 unspecified atom stereocenters. The molecule has 0 aromatic carbocycles. The molecule has 1 aliphatic carbocycles. The van der Waals surface area contributed by atoms with Gasteiger partial charge in [0.2, 0.25) is 0 Å². The number of ether oxygens (including phenoxy) is 2. The second-order valence-corrected chi connectivity index (χ2v) is 5.94. The van der Waals surface area contributed by atoms with Crippen LogP contribution in [-0.2, 0) is 9.47 Å². The van der Waals surface area contributed by atoms with Crippen molar-refractivity contribution in [3.8, 4) is 0 Å². The first kappa shape index (κ1) is 16.0. The molecule has 1 saturated carbocycles. The molecule has 0 saturated heterocycles. The third kappa shape index (κ3) is 4.05. The van der Waals surface area contributed by atoms with Gasteiger partial charge < -0.3 is 25.8 Å². The van der Waals surface area contributed by atoms with E-state index in [1.54, 1.807) is 14.2 Å². The number of carbonyl (C=O) groups excluding carboxylic acids is 1. The first-order valence-corrected chi connectivity index (χ1v) is 7.80. The summed E-state index contributed by atoms with van der Waals surface area (Å²) in [5, 5.41) is 6.69. The van der Waals surface area contributed by atoms with Gasteiger partial charge in [-0.2, -0.15) is 0 Å². The summed E-state index contributed by atoms with van der Waals surface area (Å²) in [4.78, 5) is 16.9. The number of hydrogen-bond donors (Lipinski definition) is 3. The van der Waals surface area contributed by atoms with Crippen LogP contribution in [-0.4, -0.2) is 50.4 Å². The first-order valence-electron chi connectivity index (χ1n) is 6.98. The van der Waals surface area contributed by atoms with E-state index < -0.39 is 0 Å². The summed E-state index contributed by atoms with van der Waals surface area (Å²) < 4.78 is 10.3. The lowest BCUT2D eigenvalue weighted by Crippen LogP contribution is -2.40. The smallest absolute Gasteiger partial charge is 0.265 e. The predicted molar refractivity (Wildman–Crippen MR) is 82.8 cm³/mol. The number of nitrogens with two attached hydrogens (primary N) is 1. The average molecular weight is 314 g/mol. The SMILES string of the molecule is COCCNc1nc(N)c(C(=O)NC2CCCC2OC)s1. The van der Waals surface area contributed by atoms with Crippen LogP contribution in [0.2, 0.25) is 0 Å². The molecular formula is C13H22N4O3S. The highest BCUT2D eigenvalue weighted by Crippen LogP contribution is 2.26. The van der Waals surface area contributed by atoms with Gasteiger partial charge in [0.1, 0.15) is 10.7 Å². The number of aromatic nitrogens is 1. The van der Waals surface area contributed by atoms with E-state index >= 15 is 0 Å². The van der Waals surface area contributed by atoms with E-state index in [1.807, 2.05) is 0 Å². The molecule has 1 aromatic heterocycles. The van der Waals surface area contributed by atoms with E-state index in [4.69, 9.17) is 15.2 Å². The van der Waals surface area contributed by atoms with Crippen molar-refractivity contribution in [1.82, 2.24) is 10.3 Å². The number of hydrogen-bond acceptors (Lipinski definition) is 7. The molecule has 1 aliphatic rings. The van der Waals surface area contributed by atoms with E-state index in [-0.39, 0.29) is 23.9 Å². The second kappa shape index (κ2) is 7.58. The van der Waals surface area contributed by atoms with Gasteiger partial charge in [0.05, 0.1) is 18.8 Å². The number of methoxy groups -OCH3 is 2. The maximum atomic E-state index is 12.3. The molecule has 0 radical (unpaired) electrons. The monoisotopic (exact) mass is 314 g/mol. The Labute approximate surface area is 128 Å². The molecular weight excluding hydrogens is 292 g/mol. The van der Waals surface area contributed by atoms with Crippen LogP contribution in [0.3, 0.4) is 0 Å². The molecule has 7 nitrogen and oxygen atoms in total. The first-order chi connectivity index (χ1) is 10.2. The van der Waals surface area contributed by atoms with Crippen molar-refractivity contribution in [3.05, 3.63) is 4.88 Å². The zero-order valence-corrected chi connectivity index (χ0v) is 13.2. The van der Waals surface area contributed by atoms with Gasteiger partial charge in [0, 0.05) is 20.8 Å². The van der Waals surface area contributed by atoms with Gasteiger partial charge in [-0.15, -0.1) is 0 Å². The molecule has 4 N–H and O–H groups in total. The lowest BCUT2D eigenvalue weighted by atomic mass is 10.2. The van der Waals surface area contributed by atoms with Crippen molar-refractivity contribution in [2.24, 2.45) is 0 Å². The Hall–Kier alpha value is -1.38. The standard InChI is InChI=1S/C13H22N4O3S/c1-19-7-6-15-13-17-11(14)10(21-13)12(18)16-8-4-3-5-9(8)20-2/h8-9H,3-7,14H2,1-2H3,(H,15,17)(H,16,18). The zero-order valence-electron chi connectivity index (χ0n) is 12.3. The molecule has 1 amide bonds. The summed E-state index contributed by atoms with van der Waals surface area (Å²) in [6.45, 7) is 1.19. The molecule has 1 aromatic rings. The van der Waals surface area contributed by atoms with Crippen LogP contribution < -0.4 is 16.4 Å². The van der Waals surface area contributed by atoms with Gasteiger partial charge in [-0.25, -0.2) is 4.98 Å². The van der Waals surface area contributed by atoms with Gasteiger partial charge >= 0.3 is 0 Å². The van der Waals surface area contributed by atoms with Gasteiger partial charge in [0.25, 0.3) is 5.91 Å². The van der Waals surface area contributed by atoms with Gasteiger partial charge in [-0.1, -0.05) is 11.3 Å². The minimum absolute atomic E-state index is 0.0499. The van der Waals surface area contributed by atoms with Crippen molar-refractivity contribution >= 4 is 28.2 Å². The molecule has 118 valence electrons. The van der Waals surface area contributed by atoms with Crippen molar-refractivity contribution in [2.45, 2.75) is 31.4 Å². The summed E-state index contributed by atoms with van der Waals surface area (Å²) in [6.07, 6.45) is 3.05. The summed E-state index contributed by atoms with van der Waals surface area (Å²) in [5.74, 6) is 0.0723. The van der Waals surface area contributed by atoms with E-state index in [9.17, 15) is 4.79 Å². The normalized spacial score (nSPS) is 21.4. The van der Waals surface area contributed by atoms with Gasteiger partial charge in [0.15, 0.2) is 5.13 Å². The Morgan fingerprint density at radius 2 is 2.29 bits per heavy atom. The topological polar surface area (TPSA) is 98.5 Å². The van der Waals surface area contributed by atoms with Gasteiger partial charge in [-0.05, 0) is 19.3 Å². The summed E-state index contributed by atoms with van der Waals surface area (Å²) in [7, 11) is 3.30. The average Bonchev–Trinajstić information content (AvgIpc) is 3.05. The Morgan fingerprint density at radius 3 is 3.00 bits per heavy atom. The summed E-state index contributed by atoms with van der Waals surface area (Å²) in [5.41, 5.74) is 5.82. The number of rotatable bonds is 7. The van der Waals surface area contributed by atoms with Crippen LogP contribution in [0.4, 0.5) is 10.9 Å². The highest BCUT2D eigenvalue weighted by atomic mass is 32.1. The highest BCUT2D eigenvalue weighted by molar-refractivity contribution is 7.18. The van der Waals surface area contributed by atoms with Crippen LogP contribution in [0.25, 0.3) is 0 Å². The molecule has 0 spiro atoms. The quantitative estimate of drug-likeness (QED) is 0.652. The molecule has 21 heavy (non-hydrogen) atoms. The van der Waals surface area contributed by atoms with E-state index in [1.165, 1.54) is 11.3 Å². The summed E-state index contributed by atoms with van der Waals surface area (Å²) in [6, 6.07) is 0.0499. The molecule has 0 bridgehead atoms. The van der Waals surface area contributed by atoms with Crippen LogP contribution in [0.5, 0.6) is 0 Å². The number of carbonyl (C=O) groups is 1. The number of nitrogens with zero attached hydrogens (tertiary/aromatic N) is 1. The van der Waals surface area contributed by atoms with Gasteiger partial charge in [-0.3, -0.25) is 4.79 Å². The maximum absolute atomic E-state index is 12.3. The minimum Gasteiger partial charge on any atom is -0.383 e. The Balaban J connectivity index is 1.95. The largest absolute Gasteiger partial charge is 0.383 e. The molecule has 1 fully saturated rings. The van der Waals surface area contributed by atoms with E-state index in [2.05, 4.69) is 15.6 Å². The number of anilines is 2. The van der Waals surface area contributed by atoms with Crippen LogP contribution >= 0.6 is 11.3 Å². The lowest BCUT2D eigenvalue weighted by molar-refractivity contribution is 0.0725. The molecule has 2 atom stereocenters.